The number of unbranched alkanes of at least 4 members (excludes halogenated alkanes) is 4. The first-order valence-electron chi connectivity index (χ1n) is 8.82. The van der Waals surface area contributed by atoms with Gasteiger partial charge in [-0.3, -0.25) is 0 Å². The molecule has 2 rings (SSSR count). The Morgan fingerprint density at radius 3 is 2.04 bits per heavy atom. The quantitative estimate of drug-likeness (QED) is 0.335. The normalized spacial score (nSPS) is 10.3. The van der Waals surface area contributed by atoms with Gasteiger partial charge in [-0.25, -0.2) is 4.79 Å². The fourth-order valence-electron chi connectivity index (χ4n) is 2.39. The topological polar surface area (TPSA) is 44.8 Å². The number of hydrogen-bond donors (Lipinski definition) is 0. The molecule has 0 spiro atoms. The number of ether oxygens (including phenoxy) is 3. The lowest BCUT2D eigenvalue weighted by Crippen LogP contribution is -2.08. The molecule has 0 atom stereocenters. The highest BCUT2D eigenvalue weighted by Crippen LogP contribution is 2.19. The van der Waals surface area contributed by atoms with Crippen LogP contribution in [0.4, 0.5) is 0 Å². The van der Waals surface area contributed by atoms with Gasteiger partial charge in [-0.2, -0.15) is 0 Å². The van der Waals surface area contributed by atoms with Gasteiger partial charge in [0.15, 0.2) is 0 Å². The van der Waals surface area contributed by atoms with Gasteiger partial charge in [0, 0.05) is 0 Å². The maximum atomic E-state index is 12.1. The Morgan fingerprint density at radius 1 is 0.800 bits per heavy atom. The van der Waals surface area contributed by atoms with Crippen LogP contribution in [0, 0.1) is 0 Å². The Bertz CT molecular complexity index is 632. The van der Waals surface area contributed by atoms with Crippen LogP contribution in [0.25, 0.3) is 0 Å². The molecule has 0 aliphatic carbocycles. The molecule has 0 saturated carbocycles. The number of carbonyl (C=O) groups is 1. The summed E-state index contributed by atoms with van der Waals surface area (Å²) < 4.78 is 16.1. The average molecular weight is 342 g/mol. The molecule has 4 heteroatoms. The van der Waals surface area contributed by atoms with Crippen molar-refractivity contribution in [3.63, 3.8) is 0 Å². The number of carbonyl (C=O) groups excluding carboxylic acids is 1. The summed E-state index contributed by atoms with van der Waals surface area (Å²) >= 11 is 0. The molecule has 0 aliphatic rings. The van der Waals surface area contributed by atoms with Gasteiger partial charge in [0.2, 0.25) is 0 Å². The van der Waals surface area contributed by atoms with Gasteiger partial charge < -0.3 is 14.2 Å². The maximum absolute atomic E-state index is 12.1. The van der Waals surface area contributed by atoms with Crippen molar-refractivity contribution in [3.8, 4) is 17.2 Å². The van der Waals surface area contributed by atoms with Gasteiger partial charge in [-0.15, -0.1) is 0 Å². The number of hydrogen-bond acceptors (Lipinski definition) is 4. The van der Waals surface area contributed by atoms with Crippen molar-refractivity contribution in [3.05, 3.63) is 54.1 Å². The van der Waals surface area contributed by atoms with Gasteiger partial charge in [-0.1, -0.05) is 32.6 Å². The third kappa shape index (κ3) is 6.49. The van der Waals surface area contributed by atoms with Gasteiger partial charge in [0.25, 0.3) is 0 Å². The van der Waals surface area contributed by atoms with E-state index < -0.39 is 5.97 Å². The molecule has 134 valence electrons. The Labute approximate surface area is 149 Å². The zero-order valence-corrected chi connectivity index (χ0v) is 15.0. The standard InChI is InChI=1S/C21H26O4/c1-3-4-5-6-7-16-24-19-10-8-17(9-11-19)21(22)25-20-14-12-18(23-2)13-15-20/h8-15H,3-7,16H2,1-2H3. The average Bonchev–Trinajstić information content (AvgIpc) is 2.65. The summed E-state index contributed by atoms with van der Waals surface area (Å²) in [5.41, 5.74) is 0.492. The highest BCUT2D eigenvalue weighted by atomic mass is 16.5. The first-order chi connectivity index (χ1) is 12.2. The molecule has 0 aliphatic heterocycles. The molecule has 0 N–H and O–H groups in total. The van der Waals surface area contributed by atoms with Crippen molar-refractivity contribution in [1.29, 1.82) is 0 Å². The molecule has 2 aromatic carbocycles. The minimum absolute atomic E-state index is 0.392. The predicted octanol–water partition coefficient (Wildman–Crippen LogP) is 5.26. The molecular formula is C21H26O4. The van der Waals surface area contributed by atoms with Crippen LogP contribution in [0.2, 0.25) is 0 Å². The second-order valence-electron chi connectivity index (χ2n) is 5.85. The molecule has 0 saturated heterocycles. The molecule has 25 heavy (non-hydrogen) atoms. The minimum atomic E-state index is -0.392. The Balaban J connectivity index is 1.79. The number of benzene rings is 2. The van der Waals surface area contributed by atoms with E-state index in [1.165, 1.54) is 25.7 Å². The number of rotatable bonds is 10. The lowest BCUT2D eigenvalue weighted by atomic mass is 10.2. The van der Waals surface area contributed by atoms with E-state index in [4.69, 9.17) is 14.2 Å². The van der Waals surface area contributed by atoms with Crippen LogP contribution >= 0.6 is 0 Å². The van der Waals surface area contributed by atoms with E-state index in [1.54, 1.807) is 55.6 Å². The highest BCUT2D eigenvalue weighted by molar-refractivity contribution is 5.91. The summed E-state index contributed by atoms with van der Waals surface area (Å²) in [6.07, 6.45) is 6.04. The SMILES string of the molecule is CCCCCCCOc1ccc(C(=O)Oc2ccc(OC)cc2)cc1. The van der Waals surface area contributed by atoms with Crippen molar-refractivity contribution >= 4 is 5.97 Å². The lowest BCUT2D eigenvalue weighted by molar-refractivity contribution is 0.0734. The second kappa shape index (κ2) is 10.4. The Morgan fingerprint density at radius 2 is 1.40 bits per heavy atom. The Hall–Kier alpha value is -2.49. The molecule has 0 heterocycles. The van der Waals surface area contributed by atoms with E-state index in [9.17, 15) is 4.79 Å². The molecule has 0 radical (unpaired) electrons. The third-order valence-corrected chi connectivity index (χ3v) is 3.88. The van der Waals surface area contributed by atoms with Crippen LogP contribution in [-0.4, -0.2) is 19.7 Å². The van der Waals surface area contributed by atoms with E-state index in [-0.39, 0.29) is 0 Å². The van der Waals surface area contributed by atoms with Gasteiger partial charge in [0.1, 0.15) is 17.2 Å². The second-order valence-corrected chi connectivity index (χ2v) is 5.85. The zero-order chi connectivity index (χ0) is 17.9. The smallest absolute Gasteiger partial charge is 0.343 e. The van der Waals surface area contributed by atoms with E-state index in [0.717, 1.165) is 17.9 Å². The molecule has 2 aromatic rings. The molecule has 4 nitrogen and oxygen atoms in total. The van der Waals surface area contributed by atoms with E-state index >= 15 is 0 Å². The van der Waals surface area contributed by atoms with Crippen LogP contribution in [0.1, 0.15) is 49.4 Å². The molecule has 0 aromatic heterocycles. The van der Waals surface area contributed by atoms with Crippen LogP contribution in [0.15, 0.2) is 48.5 Å². The van der Waals surface area contributed by atoms with Crippen molar-refractivity contribution in [2.45, 2.75) is 39.0 Å². The summed E-state index contributed by atoms with van der Waals surface area (Å²) in [7, 11) is 1.59. The van der Waals surface area contributed by atoms with E-state index in [2.05, 4.69) is 6.92 Å². The largest absolute Gasteiger partial charge is 0.497 e. The molecule has 0 amide bonds. The van der Waals surface area contributed by atoms with Crippen molar-refractivity contribution in [1.82, 2.24) is 0 Å². The van der Waals surface area contributed by atoms with Crippen LogP contribution < -0.4 is 14.2 Å². The molecule has 0 unspecified atom stereocenters. The summed E-state index contributed by atoms with van der Waals surface area (Å²) in [5, 5.41) is 0. The predicted molar refractivity (Wildman–Crippen MR) is 98.6 cm³/mol. The lowest BCUT2D eigenvalue weighted by Gasteiger charge is -2.08. The number of esters is 1. The molecule has 0 fully saturated rings. The fraction of sp³-hybridized carbons (Fsp3) is 0.381. The summed E-state index contributed by atoms with van der Waals surface area (Å²) in [6, 6.07) is 13.9. The van der Waals surface area contributed by atoms with Crippen LogP contribution in [0.5, 0.6) is 17.2 Å². The van der Waals surface area contributed by atoms with Gasteiger partial charge >= 0.3 is 5.97 Å². The van der Waals surface area contributed by atoms with Crippen LogP contribution in [-0.2, 0) is 0 Å². The summed E-state index contributed by atoms with van der Waals surface area (Å²) in [5.74, 6) is 1.59. The first kappa shape index (κ1) is 18.8. The van der Waals surface area contributed by atoms with Crippen LogP contribution in [0.3, 0.4) is 0 Å². The van der Waals surface area contributed by atoms with Crippen molar-refractivity contribution < 1.29 is 19.0 Å². The van der Waals surface area contributed by atoms with Crippen molar-refractivity contribution in [2.75, 3.05) is 13.7 Å². The molecule has 0 bridgehead atoms. The first-order valence-corrected chi connectivity index (χ1v) is 8.82. The Kier molecular flexibility index (Phi) is 7.83. The monoisotopic (exact) mass is 342 g/mol. The van der Waals surface area contributed by atoms with E-state index in [0.29, 0.717) is 17.9 Å². The zero-order valence-electron chi connectivity index (χ0n) is 15.0. The molecular weight excluding hydrogens is 316 g/mol. The fourth-order valence-corrected chi connectivity index (χ4v) is 2.39. The number of methoxy groups -OCH3 is 1. The van der Waals surface area contributed by atoms with Crippen molar-refractivity contribution in [2.24, 2.45) is 0 Å². The van der Waals surface area contributed by atoms with Gasteiger partial charge in [-0.05, 0) is 55.0 Å². The van der Waals surface area contributed by atoms with E-state index in [1.807, 2.05) is 0 Å². The summed E-state index contributed by atoms with van der Waals surface area (Å²) in [4.78, 5) is 12.1. The van der Waals surface area contributed by atoms with Gasteiger partial charge in [0.05, 0.1) is 19.3 Å². The minimum Gasteiger partial charge on any atom is -0.497 e. The highest BCUT2D eigenvalue weighted by Gasteiger charge is 2.09. The summed E-state index contributed by atoms with van der Waals surface area (Å²) in [6.45, 7) is 2.91. The maximum Gasteiger partial charge on any atom is 0.343 e. The third-order valence-electron chi connectivity index (χ3n) is 3.88.